The molecule has 84 valence electrons. The SMILES string of the molecule is CC(N)(CCOCC(F)(F)F)C(N)=O. The number of hydrogen-bond acceptors (Lipinski definition) is 3. The Balaban J connectivity index is 3.70. The lowest BCUT2D eigenvalue weighted by Crippen LogP contribution is -2.50. The van der Waals surface area contributed by atoms with E-state index in [1.165, 1.54) is 6.92 Å². The lowest BCUT2D eigenvalue weighted by Gasteiger charge is -2.20. The molecule has 1 amide bonds. The second kappa shape index (κ2) is 4.61. The zero-order chi connectivity index (χ0) is 11.4. The maximum atomic E-state index is 11.6. The van der Waals surface area contributed by atoms with Crippen molar-refractivity contribution in [3.8, 4) is 0 Å². The number of primary amides is 1. The fourth-order valence-electron chi connectivity index (χ4n) is 0.595. The predicted octanol–water partition coefficient (Wildman–Crippen LogP) is 0.158. The molecule has 0 aromatic carbocycles. The number of hydrogen-bond donors (Lipinski definition) is 2. The van der Waals surface area contributed by atoms with Gasteiger partial charge in [-0.3, -0.25) is 4.79 Å². The topological polar surface area (TPSA) is 78.3 Å². The summed E-state index contributed by atoms with van der Waals surface area (Å²) in [6.07, 6.45) is -4.41. The number of rotatable bonds is 5. The fourth-order valence-corrected chi connectivity index (χ4v) is 0.595. The molecule has 4 nitrogen and oxygen atoms in total. The molecule has 1 unspecified atom stereocenters. The Labute approximate surface area is 79.4 Å². The molecule has 0 radical (unpaired) electrons. The third kappa shape index (κ3) is 5.76. The van der Waals surface area contributed by atoms with Crippen molar-refractivity contribution in [3.05, 3.63) is 0 Å². The van der Waals surface area contributed by atoms with Gasteiger partial charge in [-0.1, -0.05) is 0 Å². The van der Waals surface area contributed by atoms with Crippen molar-refractivity contribution in [1.82, 2.24) is 0 Å². The van der Waals surface area contributed by atoms with E-state index in [0.717, 1.165) is 0 Å². The third-order valence-corrected chi connectivity index (χ3v) is 1.59. The number of alkyl halides is 3. The Bertz CT molecular complexity index is 204. The minimum Gasteiger partial charge on any atom is -0.372 e. The average molecular weight is 214 g/mol. The Kier molecular flexibility index (Phi) is 4.34. The van der Waals surface area contributed by atoms with Crippen molar-refractivity contribution in [1.29, 1.82) is 0 Å². The number of halogens is 3. The summed E-state index contributed by atoms with van der Waals surface area (Å²) < 4.78 is 39.0. The van der Waals surface area contributed by atoms with Crippen molar-refractivity contribution in [2.75, 3.05) is 13.2 Å². The molecule has 0 aliphatic heterocycles. The molecule has 1 atom stereocenters. The van der Waals surface area contributed by atoms with E-state index in [1.54, 1.807) is 0 Å². The second-order valence-corrected chi connectivity index (χ2v) is 3.20. The lowest BCUT2D eigenvalue weighted by atomic mass is 9.99. The molecule has 0 saturated heterocycles. The van der Waals surface area contributed by atoms with Gasteiger partial charge in [-0.15, -0.1) is 0 Å². The first kappa shape index (κ1) is 13.2. The van der Waals surface area contributed by atoms with E-state index in [4.69, 9.17) is 11.5 Å². The van der Waals surface area contributed by atoms with E-state index in [1.807, 2.05) is 0 Å². The van der Waals surface area contributed by atoms with Crippen LogP contribution in [0.3, 0.4) is 0 Å². The Hall–Kier alpha value is -0.820. The number of carbonyl (C=O) groups excluding carboxylic acids is 1. The first-order valence-electron chi connectivity index (χ1n) is 3.88. The Morgan fingerprint density at radius 1 is 1.43 bits per heavy atom. The van der Waals surface area contributed by atoms with E-state index in [-0.39, 0.29) is 13.0 Å². The monoisotopic (exact) mass is 214 g/mol. The minimum absolute atomic E-state index is 0.0432. The molecule has 0 aliphatic rings. The fraction of sp³-hybridized carbons (Fsp3) is 0.857. The van der Waals surface area contributed by atoms with E-state index >= 15 is 0 Å². The average Bonchev–Trinajstić information content (AvgIpc) is 1.96. The van der Waals surface area contributed by atoms with E-state index in [9.17, 15) is 18.0 Å². The third-order valence-electron chi connectivity index (χ3n) is 1.59. The highest BCUT2D eigenvalue weighted by Gasteiger charge is 2.29. The van der Waals surface area contributed by atoms with Crippen molar-refractivity contribution >= 4 is 5.91 Å². The first-order valence-corrected chi connectivity index (χ1v) is 3.88. The Morgan fingerprint density at radius 2 is 1.93 bits per heavy atom. The van der Waals surface area contributed by atoms with Crippen molar-refractivity contribution in [2.24, 2.45) is 11.5 Å². The first-order chi connectivity index (χ1) is 6.15. The summed E-state index contributed by atoms with van der Waals surface area (Å²) in [6.45, 7) is -0.260. The standard InChI is InChI=1S/C7H13F3N2O2/c1-6(12,5(11)13)2-3-14-4-7(8,9)10/h2-4,12H2,1H3,(H2,11,13). The van der Waals surface area contributed by atoms with Gasteiger partial charge >= 0.3 is 6.18 Å². The zero-order valence-corrected chi connectivity index (χ0v) is 7.73. The van der Waals surface area contributed by atoms with Gasteiger partial charge in [0.15, 0.2) is 0 Å². The maximum absolute atomic E-state index is 11.6. The van der Waals surface area contributed by atoms with Crippen LogP contribution in [0.25, 0.3) is 0 Å². The molecule has 14 heavy (non-hydrogen) atoms. The van der Waals surface area contributed by atoms with Crippen LogP contribution < -0.4 is 11.5 Å². The van der Waals surface area contributed by atoms with Gasteiger partial charge in [0, 0.05) is 6.61 Å². The smallest absolute Gasteiger partial charge is 0.372 e. The summed E-state index contributed by atoms with van der Waals surface area (Å²) in [7, 11) is 0. The number of ether oxygens (including phenoxy) is 1. The van der Waals surface area contributed by atoms with Crippen LogP contribution in [-0.2, 0) is 9.53 Å². The molecule has 0 spiro atoms. The highest BCUT2D eigenvalue weighted by atomic mass is 19.4. The van der Waals surface area contributed by atoms with E-state index in [0.29, 0.717) is 0 Å². The molecular formula is C7H13F3N2O2. The highest BCUT2D eigenvalue weighted by Crippen LogP contribution is 2.15. The number of carbonyl (C=O) groups is 1. The van der Waals surface area contributed by atoms with Gasteiger partial charge in [0.2, 0.25) is 5.91 Å². The van der Waals surface area contributed by atoms with Crippen LogP contribution >= 0.6 is 0 Å². The molecule has 0 bridgehead atoms. The van der Waals surface area contributed by atoms with Crippen LogP contribution in [0.5, 0.6) is 0 Å². The summed E-state index contributed by atoms with van der Waals surface area (Å²) in [5, 5.41) is 0. The lowest BCUT2D eigenvalue weighted by molar-refractivity contribution is -0.174. The zero-order valence-electron chi connectivity index (χ0n) is 7.73. The van der Waals surface area contributed by atoms with Crippen LogP contribution in [0.1, 0.15) is 13.3 Å². The van der Waals surface area contributed by atoms with Gasteiger partial charge in [0.1, 0.15) is 6.61 Å². The molecule has 7 heteroatoms. The van der Waals surface area contributed by atoms with Gasteiger partial charge in [-0.25, -0.2) is 0 Å². The molecule has 0 saturated carbocycles. The maximum Gasteiger partial charge on any atom is 0.411 e. The van der Waals surface area contributed by atoms with Crippen molar-refractivity contribution in [3.63, 3.8) is 0 Å². The van der Waals surface area contributed by atoms with Crippen molar-refractivity contribution in [2.45, 2.75) is 25.1 Å². The van der Waals surface area contributed by atoms with Gasteiger partial charge < -0.3 is 16.2 Å². The van der Waals surface area contributed by atoms with Crippen LogP contribution in [0.15, 0.2) is 0 Å². The van der Waals surface area contributed by atoms with E-state index < -0.39 is 24.2 Å². The summed E-state index contributed by atoms with van der Waals surface area (Å²) in [5.41, 5.74) is 8.94. The normalized spacial score (nSPS) is 16.4. The molecular weight excluding hydrogens is 201 g/mol. The Morgan fingerprint density at radius 3 is 2.29 bits per heavy atom. The number of nitrogens with two attached hydrogens (primary N) is 2. The van der Waals surface area contributed by atoms with Gasteiger partial charge in [-0.2, -0.15) is 13.2 Å². The van der Waals surface area contributed by atoms with Crippen LogP contribution in [0, 0.1) is 0 Å². The van der Waals surface area contributed by atoms with Gasteiger partial charge in [0.05, 0.1) is 5.54 Å². The predicted molar refractivity (Wildman–Crippen MR) is 43.3 cm³/mol. The molecule has 0 aromatic heterocycles. The van der Waals surface area contributed by atoms with Gasteiger partial charge in [0.25, 0.3) is 0 Å². The number of amides is 1. The largest absolute Gasteiger partial charge is 0.411 e. The summed E-state index contributed by atoms with van der Waals surface area (Å²) in [6, 6.07) is 0. The second-order valence-electron chi connectivity index (χ2n) is 3.20. The molecule has 0 fully saturated rings. The van der Waals surface area contributed by atoms with Crippen LogP contribution in [0.2, 0.25) is 0 Å². The summed E-state index contributed by atoms with van der Waals surface area (Å²) in [5.74, 6) is -0.770. The summed E-state index contributed by atoms with van der Waals surface area (Å²) in [4.78, 5) is 10.6. The van der Waals surface area contributed by atoms with Crippen LogP contribution in [-0.4, -0.2) is 30.8 Å². The minimum atomic E-state index is -4.36. The van der Waals surface area contributed by atoms with Crippen LogP contribution in [0.4, 0.5) is 13.2 Å². The van der Waals surface area contributed by atoms with Crippen molar-refractivity contribution < 1.29 is 22.7 Å². The summed E-state index contributed by atoms with van der Waals surface area (Å²) >= 11 is 0. The molecule has 4 N–H and O–H groups in total. The van der Waals surface area contributed by atoms with Gasteiger partial charge in [-0.05, 0) is 13.3 Å². The van der Waals surface area contributed by atoms with E-state index in [2.05, 4.69) is 4.74 Å². The molecule has 0 aliphatic carbocycles. The highest BCUT2D eigenvalue weighted by molar-refractivity contribution is 5.83. The molecule has 0 heterocycles. The molecule has 0 aromatic rings. The molecule has 0 rings (SSSR count). The quantitative estimate of drug-likeness (QED) is 0.640.